The van der Waals surface area contributed by atoms with Crippen molar-refractivity contribution in [1.82, 2.24) is 0 Å². The van der Waals surface area contributed by atoms with E-state index >= 15 is 0 Å². The second-order valence-corrected chi connectivity index (χ2v) is 8.99. The first kappa shape index (κ1) is 14.0. The standard InChI is InChI=1S/C20H30O/c1-13-4-7-17-16-6-5-14-12-15(21)8-10-20(14,3)18(16)9-11-19(13,17)2/h12-13,16-18H,4-11H2,1-3H3/t13?,16-,17-,18-,19?,20-/m0/s1. The number of carbonyl (C=O) groups is 1. The number of fused-ring (bicyclic) bond motifs is 5. The molecule has 0 bridgehead atoms. The number of hydrogen-bond donors (Lipinski definition) is 0. The molecule has 0 N–H and O–H groups in total. The largest absolute Gasteiger partial charge is 0.295 e. The SMILES string of the molecule is CC1CC[C@H]2[C@@H]3CCC4=CC(=O)CC[C@]4(C)[C@H]3CCC12C. The minimum Gasteiger partial charge on any atom is -0.295 e. The molecule has 1 nitrogen and oxygen atoms in total. The Labute approximate surface area is 129 Å². The van der Waals surface area contributed by atoms with Gasteiger partial charge in [0.2, 0.25) is 0 Å². The molecule has 0 radical (unpaired) electrons. The van der Waals surface area contributed by atoms with Gasteiger partial charge >= 0.3 is 0 Å². The van der Waals surface area contributed by atoms with Crippen molar-refractivity contribution in [1.29, 1.82) is 0 Å². The highest BCUT2D eigenvalue weighted by molar-refractivity contribution is 5.91. The van der Waals surface area contributed by atoms with Crippen LogP contribution in [0.4, 0.5) is 0 Å². The molecule has 3 saturated carbocycles. The summed E-state index contributed by atoms with van der Waals surface area (Å²) in [6, 6.07) is 0. The highest BCUT2D eigenvalue weighted by Crippen LogP contribution is 2.66. The summed E-state index contributed by atoms with van der Waals surface area (Å²) in [6.07, 6.45) is 12.2. The summed E-state index contributed by atoms with van der Waals surface area (Å²) in [4.78, 5) is 11.8. The number of ketones is 1. The predicted octanol–water partition coefficient (Wildman–Crippen LogP) is 5.15. The highest BCUT2D eigenvalue weighted by atomic mass is 16.1. The van der Waals surface area contributed by atoms with Gasteiger partial charge < -0.3 is 0 Å². The van der Waals surface area contributed by atoms with Crippen molar-refractivity contribution in [2.45, 2.75) is 72.1 Å². The van der Waals surface area contributed by atoms with Crippen molar-refractivity contribution in [3.63, 3.8) is 0 Å². The van der Waals surface area contributed by atoms with Crippen LogP contribution in [-0.2, 0) is 4.79 Å². The lowest BCUT2D eigenvalue weighted by atomic mass is 9.47. The Morgan fingerprint density at radius 3 is 2.62 bits per heavy atom. The quantitative estimate of drug-likeness (QED) is 0.601. The molecule has 1 heteroatoms. The molecule has 0 aromatic rings. The molecule has 6 atom stereocenters. The van der Waals surface area contributed by atoms with Gasteiger partial charge in [-0.2, -0.15) is 0 Å². The second-order valence-electron chi connectivity index (χ2n) is 8.99. The van der Waals surface area contributed by atoms with Crippen LogP contribution in [-0.4, -0.2) is 5.78 Å². The average Bonchev–Trinajstić information content (AvgIpc) is 2.76. The summed E-state index contributed by atoms with van der Waals surface area (Å²) < 4.78 is 0. The van der Waals surface area contributed by atoms with Gasteiger partial charge in [0.1, 0.15) is 0 Å². The minimum absolute atomic E-state index is 0.351. The maximum Gasteiger partial charge on any atom is 0.155 e. The fourth-order valence-corrected chi connectivity index (χ4v) is 6.82. The topological polar surface area (TPSA) is 17.1 Å². The van der Waals surface area contributed by atoms with E-state index in [0.717, 1.165) is 36.5 Å². The first-order valence-electron chi connectivity index (χ1n) is 9.19. The summed E-state index contributed by atoms with van der Waals surface area (Å²) in [5.41, 5.74) is 2.47. The Balaban J connectivity index is 1.69. The van der Waals surface area contributed by atoms with Gasteiger partial charge in [0.25, 0.3) is 0 Å². The van der Waals surface area contributed by atoms with Crippen LogP contribution < -0.4 is 0 Å². The Hall–Kier alpha value is -0.590. The Kier molecular flexibility index (Phi) is 2.98. The summed E-state index contributed by atoms with van der Waals surface area (Å²) in [5, 5.41) is 0. The third-order valence-corrected chi connectivity index (χ3v) is 8.44. The lowest BCUT2D eigenvalue weighted by Crippen LogP contribution is -2.50. The smallest absolute Gasteiger partial charge is 0.155 e. The van der Waals surface area contributed by atoms with Crippen LogP contribution in [0.2, 0.25) is 0 Å². The van der Waals surface area contributed by atoms with E-state index in [9.17, 15) is 4.79 Å². The monoisotopic (exact) mass is 286 g/mol. The number of rotatable bonds is 0. The summed E-state index contributed by atoms with van der Waals surface area (Å²) >= 11 is 0. The molecule has 0 heterocycles. The molecule has 0 saturated heterocycles. The second kappa shape index (κ2) is 4.46. The van der Waals surface area contributed by atoms with Crippen LogP contribution in [0, 0.1) is 34.5 Å². The Morgan fingerprint density at radius 1 is 1.00 bits per heavy atom. The van der Waals surface area contributed by atoms with Crippen molar-refractivity contribution in [3.05, 3.63) is 11.6 Å². The van der Waals surface area contributed by atoms with E-state index in [1.165, 1.54) is 44.1 Å². The van der Waals surface area contributed by atoms with Crippen molar-refractivity contribution in [2.24, 2.45) is 34.5 Å². The average molecular weight is 286 g/mol. The molecule has 2 unspecified atom stereocenters. The van der Waals surface area contributed by atoms with Crippen LogP contribution in [0.3, 0.4) is 0 Å². The molecule has 116 valence electrons. The zero-order valence-electron chi connectivity index (χ0n) is 14.0. The lowest BCUT2D eigenvalue weighted by Gasteiger charge is -2.58. The Morgan fingerprint density at radius 2 is 1.81 bits per heavy atom. The summed E-state index contributed by atoms with van der Waals surface area (Å²) in [7, 11) is 0. The van der Waals surface area contributed by atoms with Gasteiger partial charge in [-0.3, -0.25) is 4.79 Å². The number of carbonyl (C=O) groups excluding carboxylic acids is 1. The molecule has 0 aromatic heterocycles. The van der Waals surface area contributed by atoms with Crippen LogP contribution in [0.1, 0.15) is 72.1 Å². The van der Waals surface area contributed by atoms with Crippen LogP contribution in [0.5, 0.6) is 0 Å². The van der Waals surface area contributed by atoms with E-state index in [0.29, 0.717) is 16.6 Å². The predicted molar refractivity (Wildman–Crippen MR) is 85.9 cm³/mol. The molecular weight excluding hydrogens is 256 g/mol. The van der Waals surface area contributed by atoms with E-state index in [1.807, 2.05) is 6.08 Å². The highest BCUT2D eigenvalue weighted by Gasteiger charge is 2.57. The maximum atomic E-state index is 11.8. The van der Waals surface area contributed by atoms with E-state index < -0.39 is 0 Å². The van der Waals surface area contributed by atoms with Gasteiger partial charge in [0.05, 0.1) is 0 Å². The maximum absolute atomic E-state index is 11.8. The van der Waals surface area contributed by atoms with Crippen molar-refractivity contribution in [3.8, 4) is 0 Å². The zero-order chi connectivity index (χ0) is 14.8. The molecule has 0 spiro atoms. The fourth-order valence-electron chi connectivity index (χ4n) is 6.82. The fraction of sp³-hybridized carbons (Fsp3) is 0.850. The number of hydrogen-bond acceptors (Lipinski definition) is 1. The molecule has 4 aliphatic carbocycles. The normalized spacial score (nSPS) is 52.7. The van der Waals surface area contributed by atoms with Gasteiger partial charge in [-0.25, -0.2) is 0 Å². The summed E-state index contributed by atoms with van der Waals surface area (Å²) in [6.45, 7) is 7.57. The molecule has 3 fully saturated rings. The van der Waals surface area contributed by atoms with Crippen molar-refractivity contribution < 1.29 is 4.79 Å². The van der Waals surface area contributed by atoms with Crippen molar-refractivity contribution in [2.75, 3.05) is 0 Å². The van der Waals surface area contributed by atoms with E-state index in [2.05, 4.69) is 20.8 Å². The first-order chi connectivity index (χ1) is 9.95. The van der Waals surface area contributed by atoms with E-state index in [1.54, 1.807) is 0 Å². The van der Waals surface area contributed by atoms with Gasteiger partial charge in [-0.15, -0.1) is 0 Å². The molecule has 0 aliphatic heterocycles. The van der Waals surface area contributed by atoms with Crippen LogP contribution >= 0.6 is 0 Å². The third kappa shape index (κ3) is 1.79. The Bertz CT molecular complexity index is 504. The third-order valence-electron chi connectivity index (χ3n) is 8.44. The summed E-state index contributed by atoms with van der Waals surface area (Å²) in [5.74, 6) is 4.05. The number of allylic oxidation sites excluding steroid dienone is 1. The van der Waals surface area contributed by atoms with Gasteiger partial charge in [-0.05, 0) is 85.5 Å². The molecular formula is C20H30O. The minimum atomic E-state index is 0.351. The van der Waals surface area contributed by atoms with Gasteiger partial charge in [-0.1, -0.05) is 26.3 Å². The zero-order valence-corrected chi connectivity index (χ0v) is 14.0. The van der Waals surface area contributed by atoms with E-state index in [4.69, 9.17) is 0 Å². The van der Waals surface area contributed by atoms with E-state index in [-0.39, 0.29) is 0 Å². The van der Waals surface area contributed by atoms with Gasteiger partial charge in [0, 0.05) is 6.42 Å². The molecule has 0 aromatic carbocycles. The molecule has 0 amide bonds. The van der Waals surface area contributed by atoms with Crippen LogP contribution in [0.15, 0.2) is 11.6 Å². The van der Waals surface area contributed by atoms with Gasteiger partial charge in [0.15, 0.2) is 5.78 Å². The van der Waals surface area contributed by atoms with Crippen molar-refractivity contribution >= 4 is 5.78 Å². The van der Waals surface area contributed by atoms with Crippen LogP contribution in [0.25, 0.3) is 0 Å². The molecule has 4 aliphatic rings. The first-order valence-corrected chi connectivity index (χ1v) is 9.19. The molecule has 4 rings (SSSR count). The molecule has 21 heavy (non-hydrogen) atoms. The lowest BCUT2D eigenvalue weighted by molar-refractivity contribution is -0.117.